The first kappa shape index (κ1) is 25.2. The Hall–Kier alpha value is -3.46. The maximum absolute atomic E-state index is 12.7. The molecule has 3 rings (SSSR count). The molecule has 2 aromatic rings. The Balaban J connectivity index is 1.66. The van der Waals surface area contributed by atoms with E-state index in [1.807, 2.05) is 0 Å². The number of carbonyl (C=O) groups excluding carboxylic acids is 2. The van der Waals surface area contributed by atoms with Gasteiger partial charge in [-0.25, -0.2) is 8.78 Å². The third-order valence-corrected chi connectivity index (χ3v) is 5.07. The van der Waals surface area contributed by atoms with Crippen LogP contribution in [0.3, 0.4) is 0 Å². The predicted octanol–water partition coefficient (Wildman–Crippen LogP) is 3.39. The third kappa shape index (κ3) is 8.47. The number of hydrogen-bond acceptors (Lipinski definition) is 5. The van der Waals surface area contributed by atoms with Crippen molar-refractivity contribution in [3.05, 3.63) is 65.4 Å². The van der Waals surface area contributed by atoms with E-state index < -0.39 is 24.8 Å². The van der Waals surface area contributed by atoms with Gasteiger partial charge >= 0.3 is 0 Å². The summed E-state index contributed by atoms with van der Waals surface area (Å²) < 4.78 is 35.2. The largest absolute Gasteiger partial charge is 0.494 e. The first-order valence-corrected chi connectivity index (χ1v) is 11.1. The van der Waals surface area contributed by atoms with Crippen molar-refractivity contribution in [1.82, 2.24) is 10.6 Å². The molecule has 0 spiro atoms. The van der Waals surface area contributed by atoms with Crippen molar-refractivity contribution in [2.24, 2.45) is 5.92 Å². The van der Waals surface area contributed by atoms with Crippen molar-refractivity contribution in [2.75, 3.05) is 26.4 Å². The monoisotopic (exact) mass is 474 g/mol. The molecule has 0 unspecified atom stereocenters. The van der Waals surface area contributed by atoms with Gasteiger partial charge in [-0.1, -0.05) is 25.0 Å². The second-order valence-electron chi connectivity index (χ2n) is 7.87. The van der Waals surface area contributed by atoms with Crippen LogP contribution in [0.4, 0.5) is 8.78 Å². The summed E-state index contributed by atoms with van der Waals surface area (Å²) in [7, 11) is 0. The maximum atomic E-state index is 12.7. The summed E-state index contributed by atoms with van der Waals surface area (Å²) in [5.74, 6) is 0.621. The number of ether oxygens (including phenoxy) is 2. The van der Waals surface area contributed by atoms with Crippen molar-refractivity contribution < 1.29 is 33.0 Å². The van der Waals surface area contributed by atoms with Gasteiger partial charge in [0.15, 0.2) is 0 Å². The molecule has 0 bridgehead atoms. The number of carbonyl (C=O) groups is 2. The van der Waals surface area contributed by atoms with Crippen molar-refractivity contribution >= 4 is 17.9 Å². The van der Waals surface area contributed by atoms with Gasteiger partial charge in [-0.05, 0) is 60.4 Å². The van der Waals surface area contributed by atoms with Gasteiger partial charge in [-0.2, -0.15) is 0 Å². The van der Waals surface area contributed by atoms with Crippen molar-refractivity contribution in [3.8, 4) is 11.5 Å². The first-order chi connectivity index (χ1) is 16.4. The smallest absolute Gasteiger partial charge is 0.272 e. The van der Waals surface area contributed by atoms with E-state index in [-0.39, 0.29) is 24.6 Å². The average molecular weight is 475 g/mol. The molecule has 0 aliphatic heterocycles. The predicted molar refractivity (Wildman–Crippen MR) is 123 cm³/mol. The van der Waals surface area contributed by atoms with Gasteiger partial charge in [0.05, 0.1) is 13.2 Å². The molecule has 0 atom stereocenters. The van der Waals surface area contributed by atoms with E-state index in [2.05, 4.69) is 10.6 Å². The number of rotatable bonds is 13. The second-order valence-corrected chi connectivity index (χ2v) is 7.87. The van der Waals surface area contributed by atoms with Crippen LogP contribution in [0.25, 0.3) is 6.08 Å². The zero-order valence-electron chi connectivity index (χ0n) is 18.6. The average Bonchev–Trinajstić information content (AvgIpc) is 3.66. The van der Waals surface area contributed by atoms with Gasteiger partial charge in [0, 0.05) is 12.1 Å². The Kier molecular flexibility index (Phi) is 9.40. The van der Waals surface area contributed by atoms with Gasteiger partial charge < -0.3 is 25.2 Å². The van der Waals surface area contributed by atoms with Crippen LogP contribution in [0.1, 0.15) is 35.2 Å². The summed E-state index contributed by atoms with van der Waals surface area (Å²) in [5.41, 5.74) is 0.842. The number of halogens is 2. The SMILES string of the molecule is O=C(NCCO)/C(=C\c1ccc(OCC(F)F)cc1)NC(=O)c1ccc(OCCC2CC2)cc1. The van der Waals surface area contributed by atoms with E-state index in [0.717, 1.165) is 12.3 Å². The minimum atomic E-state index is -2.58. The summed E-state index contributed by atoms with van der Waals surface area (Å²) in [5, 5.41) is 14.1. The first-order valence-electron chi connectivity index (χ1n) is 11.1. The molecular formula is C25H28F2N2O5. The number of aliphatic hydroxyl groups is 1. The number of hydrogen-bond donors (Lipinski definition) is 3. The highest BCUT2D eigenvalue weighted by Crippen LogP contribution is 2.32. The number of benzene rings is 2. The zero-order valence-corrected chi connectivity index (χ0v) is 18.6. The van der Waals surface area contributed by atoms with Gasteiger partial charge in [-0.15, -0.1) is 0 Å². The van der Waals surface area contributed by atoms with E-state index in [0.29, 0.717) is 23.5 Å². The molecule has 1 aliphatic rings. The van der Waals surface area contributed by atoms with E-state index in [9.17, 15) is 18.4 Å². The van der Waals surface area contributed by atoms with Gasteiger partial charge in [0.1, 0.15) is 23.8 Å². The van der Waals surface area contributed by atoms with E-state index in [4.69, 9.17) is 14.6 Å². The maximum Gasteiger partial charge on any atom is 0.272 e. The summed E-state index contributed by atoms with van der Waals surface area (Å²) in [6.45, 7) is -0.324. The van der Waals surface area contributed by atoms with E-state index >= 15 is 0 Å². The van der Waals surface area contributed by atoms with Gasteiger partial charge in [0.25, 0.3) is 18.2 Å². The molecule has 2 amide bonds. The molecule has 3 N–H and O–H groups in total. The number of aliphatic hydroxyl groups excluding tert-OH is 1. The molecule has 1 saturated carbocycles. The Labute approximate surface area is 196 Å². The normalized spacial score (nSPS) is 13.5. The lowest BCUT2D eigenvalue weighted by Crippen LogP contribution is -2.36. The molecule has 0 aromatic heterocycles. The summed E-state index contributed by atoms with van der Waals surface area (Å²) in [6, 6.07) is 12.7. The molecule has 34 heavy (non-hydrogen) atoms. The standard InChI is InChI=1S/C25H28F2N2O5/c26-23(27)16-34-21-7-3-18(4-8-21)15-22(25(32)28-12-13-30)29-24(31)19-5-9-20(10-6-19)33-14-11-17-1-2-17/h3-10,15,17,23,30H,1-2,11-14,16H2,(H,28,32)(H,29,31)/b22-15+. The molecule has 0 saturated heterocycles. The molecule has 1 fully saturated rings. The molecule has 1 aliphatic carbocycles. The highest BCUT2D eigenvalue weighted by molar-refractivity contribution is 6.05. The van der Waals surface area contributed by atoms with Crippen LogP contribution in [-0.4, -0.2) is 49.7 Å². The molecule has 7 nitrogen and oxygen atoms in total. The fraction of sp³-hybridized carbons (Fsp3) is 0.360. The van der Waals surface area contributed by atoms with Crippen LogP contribution >= 0.6 is 0 Å². The minimum Gasteiger partial charge on any atom is -0.494 e. The summed E-state index contributed by atoms with van der Waals surface area (Å²) in [6.07, 6.45) is 2.41. The van der Waals surface area contributed by atoms with Crippen LogP contribution < -0.4 is 20.1 Å². The Morgan fingerprint density at radius 2 is 1.68 bits per heavy atom. The quantitative estimate of drug-likeness (QED) is 0.387. The second kappa shape index (κ2) is 12.7. The highest BCUT2D eigenvalue weighted by atomic mass is 19.3. The van der Waals surface area contributed by atoms with Crippen LogP contribution in [0.2, 0.25) is 0 Å². The molecular weight excluding hydrogens is 446 g/mol. The van der Waals surface area contributed by atoms with E-state index in [1.54, 1.807) is 36.4 Å². The molecule has 182 valence electrons. The Morgan fingerprint density at radius 3 is 2.29 bits per heavy atom. The van der Waals surface area contributed by atoms with Crippen LogP contribution in [0.5, 0.6) is 11.5 Å². The number of nitrogens with one attached hydrogen (secondary N) is 2. The van der Waals surface area contributed by atoms with Crippen LogP contribution in [0.15, 0.2) is 54.2 Å². The topological polar surface area (TPSA) is 96.9 Å². The highest BCUT2D eigenvalue weighted by Gasteiger charge is 2.20. The summed E-state index contributed by atoms with van der Waals surface area (Å²) in [4.78, 5) is 25.3. The lowest BCUT2D eigenvalue weighted by molar-refractivity contribution is -0.117. The Morgan fingerprint density at radius 1 is 1.03 bits per heavy atom. The third-order valence-electron chi connectivity index (χ3n) is 5.07. The van der Waals surface area contributed by atoms with Gasteiger partial charge in [-0.3, -0.25) is 9.59 Å². The zero-order chi connectivity index (χ0) is 24.3. The fourth-order valence-electron chi connectivity index (χ4n) is 3.06. The molecule has 0 heterocycles. The van der Waals surface area contributed by atoms with Crippen molar-refractivity contribution in [1.29, 1.82) is 0 Å². The number of amides is 2. The number of alkyl halides is 2. The summed E-state index contributed by atoms with van der Waals surface area (Å²) >= 11 is 0. The van der Waals surface area contributed by atoms with E-state index in [1.165, 1.54) is 31.1 Å². The molecule has 2 aromatic carbocycles. The minimum absolute atomic E-state index is 0.0132. The lowest BCUT2D eigenvalue weighted by atomic mass is 10.1. The van der Waals surface area contributed by atoms with Crippen LogP contribution in [-0.2, 0) is 4.79 Å². The van der Waals surface area contributed by atoms with Crippen molar-refractivity contribution in [2.45, 2.75) is 25.7 Å². The van der Waals surface area contributed by atoms with Gasteiger partial charge in [0.2, 0.25) is 0 Å². The van der Waals surface area contributed by atoms with Crippen molar-refractivity contribution in [3.63, 3.8) is 0 Å². The lowest BCUT2D eigenvalue weighted by Gasteiger charge is -2.12. The Bertz CT molecular complexity index is 974. The fourth-order valence-corrected chi connectivity index (χ4v) is 3.06. The molecule has 9 heteroatoms. The van der Waals surface area contributed by atoms with Crippen LogP contribution in [0, 0.1) is 5.92 Å². The molecule has 0 radical (unpaired) electrons.